The summed E-state index contributed by atoms with van der Waals surface area (Å²) >= 11 is 9.32. The van der Waals surface area contributed by atoms with Gasteiger partial charge in [0.05, 0.1) is 0 Å². The molecule has 0 unspecified atom stereocenters. The van der Waals surface area contributed by atoms with Crippen molar-refractivity contribution >= 4 is 38.7 Å². The zero-order valence-corrected chi connectivity index (χ0v) is 13.8. The molecule has 0 saturated heterocycles. The molecule has 3 heterocycles. The van der Waals surface area contributed by atoms with E-state index in [0.29, 0.717) is 5.88 Å². The summed E-state index contributed by atoms with van der Waals surface area (Å²) in [5.74, 6) is 1.55. The normalized spacial score (nSPS) is 11.3. The van der Waals surface area contributed by atoms with E-state index in [1.165, 1.54) is 0 Å². The lowest BCUT2D eigenvalue weighted by Gasteiger charge is -2.08. The first kappa shape index (κ1) is 14.5. The monoisotopic (exact) mass is 367 g/mol. The van der Waals surface area contributed by atoms with Crippen molar-refractivity contribution in [2.24, 2.45) is 0 Å². The van der Waals surface area contributed by atoms with Crippen molar-refractivity contribution in [3.8, 4) is 0 Å². The molecule has 0 radical (unpaired) electrons. The van der Waals surface area contributed by atoms with Crippen LogP contribution in [0, 0.1) is 0 Å². The van der Waals surface area contributed by atoms with Gasteiger partial charge in [-0.2, -0.15) is 5.10 Å². The van der Waals surface area contributed by atoms with Crippen LogP contribution in [0.1, 0.15) is 12.2 Å². The summed E-state index contributed by atoms with van der Waals surface area (Å²) < 4.78 is 5.03. The van der Waals surface area contributed by atoms with Crippen molar-refractivity contribution < 1.29 is 0 Å². The summed E-state index contributed by atoms with van der Waals surface area (Å²) in [6, 6.07) is 3.93. The van der Waals surface area contributed by atoms with E-state index in [2.05, 4.69) is 35.6 Å². The summed E-state index contributed by atoms with van der Waals surface area (Å²) in [5, 5.41) is 4.22. The number of nitrogens with zero attached hydrogens (tertiary/aromatic N) is 5. The average molecular weight is 369 g/mol. The van der Waals surface area contributed by atoms with E-state index >= 15 is 0 Å². The highest BCUT2D eigenvalue weighted by Crippen LogP contribution is 2.19. The molecule has 5 nitrogen and oxygen atoms in total. The first-order valence-electron chi connectivity index (χ1n) is 6.82. The van der Waals surface area contributed by atoms with Gasteiger partial charge in [0.2, 0.25) is 0 Å². The van der Waals surface area contributed by atoms with Crippen LogP contribution in [0.5, 0.6) is 0 Å². The van der Waals surface area contributed by atoms with E-state index in [0.717, 1.165) is 47.4 Å². The summed E-state index contributed by atoms with van der Waals surface area (Å²) in [7, 11) is 0. The second kappa shape index (κ2) is 6.58. The van der Waals surface area contributed by atoms with Gasteiger partial charge in [0.25, 0.3) is 0 Å². The molecule has 0 aromatic carbocycles. The van der Waals surface area contributed by atoms with Crippen LogP contribution in [0.25, 0.3) is 11.2 Å². The quantitative estimate of drug-likeness (QED) is 0.627. The molecule has 0 atom stereocenters. The third-order valence-corrected chi connectivity index (χ3v) is 3.90. The summed E-state index contributed by atoms with van der Waals surface area (Å²) in [6.07, 6.45) is 7.29. The highest BCUT2D eigenvalue weighted by Gasteiger charge is 2.11. The molecule has 0 N–H and O–H groups in total. The molecule has 3 aromatic rings. The lowest BCUT2D eigenvalue weighted by Crippen LogP contribution is -2.08. The molecule has 0 amide bonds. The van der Waals surface area contributed by atoms with Crippen LogP contribution in [-0.4, -0.2) is 30.2 Å². The number of rotatable bonds is 6. The third kappa shape index (κ3) is 3.27. The fourth-order valence-corrected chi connectivity index (χ4v) is 2.86. The van der Waals surface area contributed by atoms with Gasteiger partial charge in [0, 0.05) is 48.5 Å². The van der Waals surface area contributed by atoms with E-state index < -0.39 is 0 Å². The fourth-order valence-electron chi connectivity index (χ4n) is 2.37. The van der Waals surface area contributed by atoms with E-state index in [1.807, 2.05) is 23.0 Å². The van der Waals surface area contributed by atoms with E-state index in [-0.39, 0.29) is 0 Å². The Morgan fingerprint density at radius 1 is 1.29 bits per heavy atom. The smallest absolute Gasteiger partial charge is 0.160 e. The SMILES string of the molecule is ClCCc1nc2cc(Br)cnc2n1CCCn1cccn1. The number of pyridine rings is 1. The van der Waals surface area contributed by atoms with Crippen LogP contribution in [0.4, 0.5) is 0 Å². The molecule has 0 aliphatic heterocycles. The zero-order valence-electron chi connectivity index (χ0n) is 11.4. The lowest BCUT2D eigenvalue weighted by atomic mass is 10.3. The van der Waals surface area contributed by atoms with Gasteiger partial charge in [-0.3, -0.25) is 4.68 Å². The van der Waals surface area contributed by atoms with E-state index in [1.54, 1.807) is 12.4 Å². The van der Waals surface area contributed by atoms with Crippen LogP contribution < -0.4 is 0 Å². The van der Waals surface area contributed by atoms with Crippen molar-refractivity contribution in [2.75, 3.05) is 5.88 Å². The van der Waals surface area contributed by atoms with Crippen LogP contribution >= 0.6 is 27.5 Å². The number of imidazole rings is 1. The maximum atomic E-state index is 5.89. The number of hydrogen-bond acceptors (Lipinski definition) is 3. The maximum absolute atomic E-state index is 5.89. The third-order valence-electron chi connectivity index (χ3n) is 3.28. The molecule has 7 heteroatoms. The van der Waals surface area contributed by atoms with Gasteiger partial charge in [-0.05, 0) is 34.5 Å². The molecular formula is C14H15BrClN5. The van der Waals surface area contributed by atoms with Gasteiger partial charge in [-0.1, -0.05) is 0 Å². The Morgan fingerprint density at radius 2 is 2.19 bits per heavy atom. The predicted molar refractivity (Wildman–Crippen MR) is 86.5 cm³/mol. The second-order valence-electron chi connectivity index (χ2n) is 4.74. The Hall–Kier alpha value is -1.40. The van der Waals surface area contributed by atoms with Crippen LogP contribution in [0.2, 0.25) is 0 Å². The van der Waals surface area contributed by atoms with Crippen molar-refractivity contribution in [3.63, 3.8) is 0 Å². The number of alkyl halides is 1. The zero-order chi connectivity index (χ0) is 14.7. The number of fused-ring (bicyclic) bond motifs is 1. The first-order chi connectivity index (χ1) is 10.3. The average Bonchev–Trinajstić information content (AvgIpc) is 3.08. The molecule has 110 valence electrons. The van der Waals surface area contributed by atoms with Gasteiger partial charge < -0.3 is 4.57 Å². The molecule has 0 aliphatic rings. The van der Waals surface area contributed by atoms with Crippen molar-refractivity contribution in [3.05, 3.63) is 41.0 Å². The molecule has 3 rings (SSSR count). The largest absolute Gasteiger partial charge is 0.313 e. The first-order valence-corrected chi connectivity index (χ1v) is 8.15. The molecule has 0 fully saturated rings. The summed E-state index contributed by atoms with van der Waals surface area (Å²) in [5.41, 5.74) is 1.82. The van der Waals surface area contributed by atoms with Gasteiger partial charge in [-0.15, -0.1) is 11.6 Å². The molecule has 0 saturated carbocycles. The number of aryl methyl sites for hydroxylation is 3. The van der Waals surface area contributed by atoms with Crippen LogP contribution in [0.3, 0.4) is 0 Å². The minimum Gasteiger partial charge on any atom is -0.313 e. The molecular weight excluding hydrogens is 354 g/mol. The molecule has 0 spiro atoms. The number of hydrogen-bond donors (Lipinski definition) is 0. The maximum Gasteiger partial charge on any atom is 0.160 e. The Labute approximate surface area is 136 Å². The molecule has 0 aliphatic carbocycles. The van der Waals surface area contributed by atoms with Gasteiger partial charge in [-0.25, -0.2) is 9.97 Å². The minimum absolute atomic E-state index is 0.559. The lowest BCUT2D eigenvalue weighted by molar-refractivity contribution is 0.523. The van der Waals surface area contributed by atoms with Gasteiger partial charge >= 0.3 is 0 Å². The van der Waals surface area contributed by atoms with Crippen molar-refractivity contribution in [1.29, 1.82) is 0 Å². The number of aromatic nitrogens is 5. The summed E-state index contributed by atoms with van der Waals surface area (Å²) in [6.45, 7) is 1.74. The fraction of sp³-hybridized carbons (Fsp3) is 0.357. The number of halogens is 2. The predicted octanol–water partition coefficient (Wildman–Crippen LogP) is 3.26. The minimum atomic E-state index is 0.559. The van der Waals surface area contributed by atoms with Crippen LogP contribution in [0.15, 0.2) is 35.2 Å². The Kier molecular flexibility index (Phi) is 4.55. The summed E-state index contributed by atoms with van der Waals surface area (Å²) in [4.78, 5) is 9.13. The second-order valence-corrected chi connectivity index (χ2v) is 6.03. The Bertz CT molecular complexity index is 722. The van der Waals surface area contributed by atoms with E-state index in [4.69, 9.17) is 11.6 Å². The van der Waals surface area contributed by atoms with Gasteiger partial charge in [0.15, 0.2) is 5.65 Å². The van der Waals surface area contributed by atoms with Gasteiger partial charge in [0.1, 0.15) is 11.3 Å². The molecule has 3 aromatic heterocycles. The highest BCUT2D eigenvalue weighted by molar-refractivity contribution is 9.10. The van der Waals surface area contributed by atoms with Crippen molar-refractivity contribution in [1.82, 2.24) is 24.3 Å². The highest BCUT2D eigenvalue weighted by atomic mass is 79.9. The molecule has 21 heavy (non-hydrogen) atoms. The van der Waals surface area contributed by atoms with Crippen molar-refractivity contribution in [2.45, 2.75) is 25.9 Å². The molecule has 0 bridgehead atoms. The Balaban J connectivity index is 1.82. The Morgan fingerprint density at radius 3 is 2.95 bits per heavy atom. The van der Waals surface area contributed by atoms with Crippen LogP contribution in [-0.2, 0) is 19.5 Å². The topological polar surface area (TPSA) is 48.5 Å². The van der Waals surface area contributed by atoms with E-state index in [9.17, 15) is 0 Å². The standard InChI is InChI=1S/C14H15BrClN5/c15-11-9-12-14(17-10-11)21(13(19-12)3-4-16)8-2-7-20-6-1-5-18-20/h1,5-6,9-10H,2-4,7-8H2.